The minimum Gasteiger partial charge on any atom is -0.469 e. The Morgan fingerprint density at radius 2 is 1.50 bits per heavy atom. The van der Waals surface area contributed by atoms with Crippen LogP contribution >= 0.6 is 23.2 Å². The lowest BCUT2D eigenvalue weighted by Crippen LogP contribution is -2.11. The Morgan fingerprint density at radius 1 is 0.889 bits per heavy atom. The number of aromatic nitrogens is 2. The van der Waals surface area contributed by atoms with Crippen LogP contribution in [0.1, 0.15) is 47.6 Å². The maximum Gasteiger partial charge on any atom is 0.310 e. The van der Waals surface area contributed by atoms with E-state index in [1.165, 1.54) is 13.5 Å². The highest BCUT2D eigenvalue weighted by molar-refractivity contribution is 6.34. The zero-order valence-electron chi connectivity index (χ0n) is 20.3. The van der Waals surface area contributed by atoms with E-state index in [-0.39, 0.29) is 22.6 Å². The van der Waals surface area contributed by atoms with Crippen LogP contribution in [0.5, 0.6) is 0 Å². The molecule has 1 amide bonds. The van der Waals surface area contributed by atoms with Crippen molar-refractivity contribution in [1.29, 1.82) is 0 Å². The maximum absolute atomic E-state index is 12.6. The minimum absolute atomic E-state index is 0.0972. The molecule has 0 radical (unpaired) electrons. The molecule has 0 atom stereocenters. The average Bonchev–Trinajstić information content (AvgIpc) is 2.87. The fourth-order valence-electron chi connectivity index (χ4n) is 3.34. The quantitative estimate of drug-likeness (QED) is 0.219. The third kappa shape index (κ3) is 7.26. The van der Waals surface area contributed by atoms with Gasteiger partial charge in [0.25, 0.3) is 5.91 Å². The number of nitrogens with one attached hydrogen (secondary N) is 1. The van der Waals surface area contributed by atoms with E-state index in [1.54, 1.807) is 6.07 Å². The Labute approximate surface area is 220 Å². The molecule has 0 aliphatic rings. The van der Waals surface area contributed by atoms with Gasteiger partial charge in [0, 0.05) is 23.2 Å². The number of halogens is 2. The van der Waals surface area contributed by atoms with E-state index in [0.717, 1.165) is 16.3 Å². The number of anilines is 1. The summed E-state index contributed by atoms with van der Waals surface area (Å²) >= 11 is 12.4. The predicted octanol–water partition coefficient (Wildman–Crippen LogP) is 6.91. The van der Waals surface area contributed by atoms with Crippen molar-refractivity contribution in [2.75, 3.05) is 12.4 Å². The van der Waals surface area contributed by atoms with E-state index in [1.807, 2.05) is 60.7 Å². The van der Waals surface area contributed by atoms with E-state index >= 15 is 0 Å². The second-order valence-electron chi connectivity index (χ2n) is 8.05. The summed E-state index contributed by atoms with van der Waals surface area (Å²) in [5.74, 6) is -0.236. The van der Waals surface area contributed by atoms with E-state index < -0.39 is 5.97 Å². The number of hydrogen-bond acceptors (Lipinski definition) is 5. The van der Waals surface area contributed by atoms with Gasteiger partial charge in [0.1, 0.15) is 16.1 Å². The summed E-state index contributed by atoms with van der Waals surface area (Å²) in [4.78, 5) is 32.6. The average molecular weight is 524 g/mol. The number of carbonyl (C=O) groups is 2. The van der Waals surface area contributed by atoms with Crippen LogP contribution in [-0.2, 0) is 22.4 Å². The van der Waals surface area contributed by atoms with Crippen LogP contribution in [0.25, 0.3) is 10.8 Å². The molecule has 36 heavy (non-hydrogen) atoms. The number of nitrogens with zero attached hydrogens (tertiary/aromatic N) is 2. The number of amides is 1. The van der Waals surface area contributed by atoms with Crippen molar-refractivity contribution in [2.24, 2.45) is 0 Å². The fraction of sp³-hybridized carbons (Fsp3) is 0.214. The van der Waals surface area contributed by atoms with Crippen LogP contribution in [0.15, 0.2) is 66.7 Å². The molecule has 6 nitrogen and oxygen atoms in total. The first kappa shape index (κ1) is 27.1. The van der Waals surface area contributed by atoms with Crippen molar-refractivity contribution in [1.82, 2.24) is 9.97 Å². The van der Waals surface area contributed by atoms with Gasteiger partial charge in [-0.05, 0) is 40.6 Å². The maximum atomic E-state index is 12.6. The highest BCUT2D eigenvalue weighted by Gasteiger charge is 2.16. The molecule has 3 aromatic carbocycles. The molecule has 0 unspecified atom stereocenters. The molecule has 1 N–H and O–H groups in total. The fourth-order valence-corrected chi connectivity index (χ4v) is 3.89. The Bertz CT molecular complexity index is 1340. The van der Waals surface area contributed by atoms with Gasteiger partial charge in [0.2, 0.25) is 0 Å². The summed E-state index contributed by atoms with van der Waals surface area (Å²) in [6.07, 6.45) is 1.54. The second-order valence-corrected chi connectivity index (χ2v) is 8.77. The number of esters is 1. The largest absolute Gasteiger partial charge is 0.469 e. The van der Waals surface area contributed by atoms with Crippen LogP contribution in [0.4, 0.5) is 5.69 Å². The number of methoxy groups -OCH3 is 1. The number of carbonyl (C=O) groups excluding carboxylic acids is 2. The summed E-state index contributed by atoms with van der Waals surface area (Å²) in [5, 5.41) is 5.24. The molecule has 0 spiro atoms. The van der Waals surface area contributed by atoms with E-state index in [0.29, 0.717) is 29.1 Å². The SMILES string of the molecule is CCC.COC(=O)Cc1c(Cl)nc(Cc2ccc(NC(=O)c3ccc4ccccc4c3)cc2)nc1Cl. The van der Waals surface area contributed by atoms with Gasteiger partial charge >= 0.3 is 5.97 Å². The van der Waals surface area contributed by atoms with Crippen LogP contribution in [0.3, 0.4) is 0 Å². The first-order valence-corrected chi connectivity index (χ1v) is 12.3. The standard InChI is InChI=1S/C25H19Cl2N3O3.C3H8/c1-33-22(31)14-20-23(26)29-21(30-24(20)27)12-15-6-10-19(11-7-15)28-25(32)18-9-8-16-4-2-3-5-17(16)13-18;1-3-2/h2-11,13H,12,14H2,1H3,(H,28,32);3H2,1-2H3. The molecular weight excluding hydrogens is 497 g/mol. The summed E-state index contributed by atoms with van der Waals surface area (Å²) in [7, 11) is 1.28. The number of fused-ring (bicyclic) bond motifs is 1. The van der Waals surface area contributed by atoms with Gasteiger partial charge in [-0.3, -0.25) is 9.59 Å². The first-order valence-electron chi connectivity index (χ1n) is 11.5. The first-order chi connectivity index (χ1) is 17.3. The zero-order chi connectivity index (χ0) is 26.1. The molecule has 0 aliphatic carbocycles. The van der Waals surface area contributed by atoms with E-state index in [9.17, 15) is 9.59 Å². The number of benzene rings is 3. The summed E-state index contributed by atoms with van der Waals surface area (Å²) in [5.41, 5.74) is 2.50. The third-order valence-electron chi connectivity index (χ3n) is 5.09. The lowest BCUT2D eigenvalue weighted by Gasteiger charge is -2.09. The highest BCUT2D eigenvalue weighted by Crippen LogP contribution is 2.24. The van der Waals surface area contributed by atoms with Gasteiger partial charge < -0.3 is 10.1 Å². The van der Waals surface area contributed by atoms with Crippen molar-refractivity contribution in [2.45, 2.75) is 33.1 Å². The summed E-state index contributed by atoms with van der Waals surface area (Å²) in [6.45, 7) is 4.25. The smallest absolute Gasteiger partial charge is 0.310 e. The van der Waals surface area contributed by atoms with Crippen LogP contribution < -0.4 is 5.32 Å². The van der Waals surface area contributed by atoms with Crippen LogP contribution in [0.2, 0.25) is 10.3 Å². The molecular formula is C28H27Cl2N3O3. The molecule has 0 saturated heterocycles. The molecule has 0 saturated carbocycles. The molecule has 1 heterocycles. The molecule has 8 heteroatoms. The van der Waals surface area contributed by atoms with E-state index in [2.05, 4.69) is 33.9 Å². The lowest BCUT2D eigenvalue weighted by atomic mass is 10.1. The summed E-state index contributed by atoms with van der Waals surface area (Å²) < 4.78 is 4.63. The van der Waals surface area contributed by atoms with Gasteiger partial charge in [-0.25, -0.2) is 9.97 Å². The Kier molecular flexibility index (Phi) is 9.79. The normalized spacial score (nSPS) is 10.4. The number of hydrogen-bond donors (Lipinski definition) is 1. The van der Waals surface area contributed by atoms with E-state index in [4.69, 9.17) is 23.2 Å². The van der Waals surface area contributed by atoms with Gasteiger partial charge in [-0.2, -0.15) is 0 Å². The minimum atomic E-state index is -0.475. The van der Waals surface area contributed by atoms with Crippen molar-refractivity contribution >= 4 is 51.5 Å². The highest BCUT2D eigenvalue weighted by atomic mass is 35.5. The molecule has 0 bridgehead atoms. The monoisotopic (exact) mass is 523 g/mol. The molecule has 1 aromatic heterocycles. The Hall–Kier alpha value is -3.48. The van der Waals surface area contributed by atoms with Crippen molar-refractivity contribution in [3.05, 3.63) is 99.6 Å². The third-order valence-corrected chi connectivity index (χ3v) is 5.71. The van der Waals surface area contributed by atoms with Gasteiger partial charge in [-0.1, -0.05) is 85.9 Å². The van der Waals surface area contributed by atoms with Gasteiger partial charge in [0.15, 0.2) is 0 Å². The zero-order valence-corrected chi connectivity index (χ0v) is 21.9. The van der Waals surface area contributed by atoms with Crippen molar-refractivity contribution in [3.8, 4) is 0 Å². The van der Waals surface area contributed by atoms with Crippen LogP contribution in [0, 0.1) is 0 Å². The Balaban J connectivity index is 0.00000115. The van der Waals surface area contributed by atoms with Crippen molar-refractivity contribution < 1.29 is 14.3 Å². The van der Waals surface area contributed by atoms with Gasteiger partial charge in [-0.15, -0.1) is 0 Å². The molecule has 4 aromatic rings. The van der Waals surface area contributed by atoms with Crippen LogP contribution in [-0.4, -0.2) is 29.0 Å². The lowest BCUT2D eigenvalue weighted by molar-refractivity contribution is -0.139. The molecule has 0 fully saturated rings. The molecule has 4 rings (SSSR count). The molecule has 0 aliphatic heterocycles. The van der Waals surface area contributed by atoms with Crippen molar-refractivity contribution in [3.63, 3.8) is 0 Å². The summed E-state index contributed by atoms with van der Waals surface area (Å²) in [6, 6.07) is 20.8. The predicted molar refractivity (Wildman–Crippen MR) is 145 cm³/mol. The topological polar surface area (TPSA) is 81.2 Å². The molecule has 186 valence electrons. The number of rotatable bonds is 6. The number of ether oxygens (including phenoxy) is 1. The second kappa shape index (κ2) is 13.0. The van der Waals surface area contributed by atoms with Gasteiger partial charge in [0.05, 0.1) is 13.5 Å². The Morgan fingerprint density at radius 3 is 2.11 bits per heavy atom.